The molecule has 0 radical (unpaired) electrons. The highest BCUT2D eigenvalue weighted by Crippen LogP contribution is 2.12. The van der Waals surface area contributed by atoms with Crippen molar-refractivity contribution >= 4 is 17.7 Å². The van der Waals surface area contributed by atoms with Crippen LogP contribution in [0.4, 0.5) is 5.69 Å². The van der Waals surface area contributed by atoms with E-state index < -0.39 is 5.91 Å². The van der Waals surface area contributed by atoms with Crippen LogP contribution in [0.15, 0.2) is 52.7 Å². The normalized spacial score (nSPS) is 10.8. The molecule has 0 bridgehead atoms. The SMILES string of the molecule is Cc1ccc(NC(=O)/C(C#N)=C/c2ccco2)cc1. The van der Waals surface area contributed by atoms with Gasteiger partial charge in [0.2, 0.25) is 0 Å². The van der Waals surface area contributed by atoms with Crippen LogP contribution in [-0.2, 0) is 4.79 Å². The topological polar surface area (TPSA) is 66.0 Å². The van der Waals surface area contributed by atoms with Gasteiger partial charge in [0.1, 0.15) is 17.4 Å². The lowest BCUT2D eigenvalue weighted by atomic mass is 10.2. The first-order chi connectivity index (χ1) is 9.19. The minimum absolute atomic E-state index is 0.00414. The van der Waals surface area contributed by atoms with Crippen LogP contribution in [-0.4, -0.2) is 5.91 Å². The van der Waals surface area contributed by atoms with Gasteiger partial charge in [-0.1, -0.05) is 17.7 Å². The summed E-state index contributed by atoms with van der Waals surface area (Å²) in [6, 6.07) is 12.6. The lowest BCUT2D eigenvalue weighted by Crippen LogP contribution is -2.13. The first-order valence-electron chi connectivity index (χ1n) is 5.72. The zero-order valence-electron chi connectivity index (χ0n) is 10.4. The Morgan fingerprint density at radius 1 is 1.32 bits per heavy atom. The lowest BCUT2D eigenvalue weighted by molar-refractivity contribution is -0.112. The molecule has 0 aliphatic heterocycles. The Balaban J connectivity index is 2.14. The molecule has 1 heterocycles. The zero-order valence-corrected chi connectivity index (χ0v) is 10.4. The molecule has 0 spiro atoms. The molecule has 1 aromatic heterocycles. The van der Waals surface area contributed by atoms with Gasteiger partial charge in [-0.15, -0.1) is 0 Å². The van der Waals surface area contributed by atoms with E-state index in [1.807, 2.05) is 25.1 Å². The number of benzene rings is 1. The van der Waals surface area contributed by atoms with E-state index in [-0.39, 0.29) is 5.57 Å². The van der Waals surface area contributed by atoms with E-state index in [2.05, 4.69) is 5.32 Å². The largest absolute Gasteiger partial charge is 0.465 e. The summed E-state index contributed by atoms with van der Waals surface area (Å²) in [6.45, 7) is 1.96. The number of anilines is 1. The number of amides is 1. The van der Waals surface area contributed by atoms with Gasteiger partial charge in [-0.3, -0.25) is 4.79 Å². The van der Waals surface area contributed by atoms with Crippen LogP contribution in [0, 0.1) is 18.3 Å². The van der Waals surface area contributed by atoms with Crippen molar-refractivity contribution in [1.29, 1.82) is 5.26 Å². The third-order valence-corrected chi connectivity index (χ3v) is 2.50. The van der Waals surface area contributed by atoms with Crippen molar-refractivity contribution < 1.29 is 9.21 Å². The number of hydrogen-bond donors (Lipinski definition) is 1. The van der Waals surface area contributed by atoms with Crippen molar-refractivity contribution in [3.05, 3.63) is 59.6 Å². The summed E-state index contributed by atoms with van der Waals surface area (Å²) < 4.78 is 5.07. The van der Waals surface area contributed by atoms with E-state index in [9.17, 15) is 4.79 Å². The second kappa shape index (κ2) is 5.69. The molecule has 4 heteroatoms. The van der Waals surface area contributed by atoms with Crippen LogP contribution in [0.25, 0.3) is 6.08 Å². The first-order valence-corrected chi connectivity index (χ1v) is 5.72. The Morgan fingerprint density at radius 3 is 2.63 bits per heavy atom. The Labute approximate surface area is 111 Å². The predicted octanol–water partition coefficient (Wildman–Crippen LogP) is 3.13. The molecule has 0 unspecified atom stereocenters. The maximum Gasteiger partial charge on any atom is 0.266 e. The predicted molar refractivity (Wildman–Crippen MR) is 72.1 cm³/mol. The molecule has 0 atom stereocenters. The van der Waals surface area contributed by atoms with E-state index in [1.54, 1.807) is 24.3 Å². The number of nitriles is 1. The highest BCUT2D eigenvalue weighted by Gasteiger charge is 2.10. The van der Waals surface area contributed by atoms with Crippen molar-refractivity contribution in [2.45, 2.75) is 6.92 Å². The minimum atomic E-state index is -0.456. The molecule has 1 N–H and O–H groups in total. The number of rotatable bonds is 3. The highest BCUT2D eigenvalue weighted by atomic mass is 16.3. The molecule has 94 valence electrons. The summed E-state index contributed by atoms with van der Waals surface area (Å²) >= 11 is 0. The minimum Gasteiger partial charge on any atom is -0.465 e. The van der Waals surface area contributed by atoms with Gasteiger partial charge in [0.15, 0.2) is 0 Å². The quantitative estimate of drug-likeness (QED) is 0.674. The van der Waals surface area contributed by atoms with Gasteiger partial charge < -0.3 is 9.73 Å². The number of hydrogen-bond acceptors (Lipinski definition) is 3. The summed E-state index contributed by atoms with van der Waals surface area (Å²) in [5, 5.41) is 11.7. The maximum atomic E-state index is 11.9. The van der Waals surface area contributed by atoms with E-state index >= 15 is 0 Å². The van der Waals surface area contributed by atoms with E-state index in [4.69, 9.17) is 9.68 Å². The molecule has 0 saturated carbocycles. The van der Waals surface area contributed by atoms with Gasteiger partial charge in [0, 0.05) is 11.8 Å². The number of nitrogens with zero attached hydrogens (tertiary/aromatic N) is 1. The average Bonchev–Trinajstić information content (AvgIpc) is 2.91. The van der Waals surface area contributed by atoms with E-state index in [1.165, 1.54) is 12.3 Å². The molecule has 4 nitrogen and oxygen atoms in total. The van der Waals surface area contributed by atoms with Crippen LogP contribution >= 0.6 is 0 Å². The standard InChI is InChI=1S/C15H12N2O2/c1-11-4-6-13(7-5-11)17-15(18)12(10-16)9-14-3-2-8-19-14/h2-9H,1H3,(H,17,18)/b12-9+. The molecule has 2 rings (SSSR count). The smallest absolute Gasteiger partial charge is 0.266 e. The van der Waals surface area contributed by atoms with Gasteiger partial charge in [0.25, 0.3) is 5.91 Å². The zero-order chi connectivity index (χ0) is 13.7. The molecule has 2 aromatic rings. The number of carbonyl (C=O) groups excluding carboxylic acids is 1. The molecular weight excluding hydrogens is 240 g/mol. The van der Waals surface area contributed by atoms with Crippen LogP contribution in [0.2, 0.25) is 0 Å². The lowest BCUT2D eigenvalue weighted by Gasteiger charge is -2.04. The van der Waals surface area contributed by atoms with Crippen molar-refractivity contribution in [1.82, 2.24) is 0 Å². The molecular formula is C15H12N2O2. The van der Waals surface area contributed by atoms with E-state index in [0.717, 1.165) is 5.56 Å². The second-order valence-electron chi connectivity index (χ2n) is 4.01. The Bertz CT molecular complexity index is 632. The van der Waals surface area contributed by atoms with Crippen molar-refractivity contribution in [3.63, 3.8) is 0 Å². The summed E-state index contributed by atoms with van der Waals surface area (Å²) in [6.07, 6.45) is 2.89. The van der Waals surface area contributed by atoms with Gasteiger partial charge in [-0.05, 0) is 31.2 Å². The van der Waals surface area contributed by atoms with Gasteiger partial charge in [-0.25, -0.2) is 0 Å². The molecule has 0 fully saturated rings. The van der Waals surface area contributed by atoms with Crippen LogP contribution in [0.5, 0.6) is 0 Å². The molecule has 1 aromatic carbocycles. The Hall–Kier alpha value is -2.80. The summed E-state index contributed by atoms with van der Waals surface area (Å²) in [5.74, 6) is 0.0124. The molecule has 0 aliphatic rings. The first kappa shape index (κ1) is 12.7. The molecule has 19 heavy (non-hydrogen) atoms. The highest BCUT2D eigenvalue weighted by molar-refractivity contribution is 6.09. The van der Waals surface area contributed by atoms with Crippen LogP contribution < -0.4 is 5.32 Å². The van der Waals surface area contributed by atoms with Gasteiger partial charge >= 0.3 is 0 Å². The monoisotopic (exact) mass is 252 g/mol. The number of carbonyl (C=O) groups is 1. The summed E-state index contributed by atoms with van der Waals surface area (Å²) in [5.41, 5.74) is 1.75. The third-order valence-electron chi connectivity index (χ3n) is 2.50. The van der Waals surface area contributed by atoms with Gasteiger partial charge in [0.05, 0.1) is 6.26 Å². The van der Waals surface area contributed by atoms with Crippen molar-refractivity contribution in [2.75, 3.05) is 5.32 Å². The van der Waals surface area contributed by atoms with Crippen molar-refractivity contribution in [3.8, 4) is 6.07 Å². The average molecular weight is 252 g/mol. The Kier molecular flexibility index (Phi) is 3.79. The second-order valence-corrected chi connectivity index (χ2v) is 4.01. The maximum absolute atomic E-state index is 11.9. The van der Waals surface area contributed by atoms with Gasteiger partial charge in [-0.2, -0.15) is 5.26 Å². The number of nitrogens with one attached hydrogen (secondary N) is 1. The molecule has 0 saturated heterocycles. The fraction of sp³-hybridized carbons (Fsp3) is 0.0667. The molecule has 1 amide bonds. The fourth-order valence-corrected chi connectivity index (χ4v) is 1.50. The third kappa shape index (κ3) is 3.33. The fourth-order valence-electron chi connectivity index (χ4n) is 1.50. The summed E-state index contributed by atoms with van der Waals surface area (Å²) in [7, 11) is 0. The van der Waals surface area contributed by atoms with E-state index in [0.29, 0.717) is 11.4 Å². The number of aryl methyl sites for hydroxylation is 1. The Morgan fingerprint density at radius 2 is 2.05 bits per heavy atom. The van der Waals surface area contributed by atoms with Crippen molar-refractivity contribution in [2.24, 2.45) is 0 Å². The van der Waals surface area contributed by atoms with Crippen LogP contribution in [0.1, 0.15) is 11.3 Å². The molecule has 0 aliphatic carbocycles. The number of furan rings is 1. The van der Waals surface area contributed by atoms with Crippen LogP contribution in [0.3, 0.4) is 0 Å². The summed E-state index contributed by atoms with van der Waals surface area (Å²) in [4.78, 5) is 11.9.